The number of nitrogens with two attached hydrogens (primary N) is 2. The maximum absolute atomic E-state index is 12.4. The van der Waals surface area contributed by atoms with E-state index >= 15 is 0 Å². The average molecular weight is 232 g/mol. The van der Waals surface area contributed by atoms with Crippen LogP contribution in [0.3, 0.4) is 0 Å². The first-order chi connectivity index (χ1) is 7.23. The van der Waals surface area contributed by atoms with Crippen molar-refractivity contribution in [2.45, 2.75) is 32.0 Å². The minimum atomic E-state index is -4.36. The first kappa shape index (κ1) is 12.8. The number of hydrogen-bond acceptors (Lipinski definition) is 2. The molecule has 0 bridgehead atoms. The average Bonchev–Trinajstić information content (AvgIpc) is 2.15. The van der Waals surface area contributed by atoms with Crippen molar-refractivity contribution in [3.05, 3.63) is 29.3 Å². The quantitative estimate of drug-likeness (QED) is 0.770. The van der Waals surface area contributed by atoms with Crippen molar-refractivity contribution >= 4 is 5.69 Å². The number of rotatable bonds is 2. The zero-order valence-corrected chi connectivity index (χ0v) is 9.18. The summed E-state index contributed by atoms with van der Waals surface area (Å²) in [6.07, 6.45) is -4.36. The lowest BCUT2D eigenvalue weighted by molar-refractivity contribution is -0.137. The van der Waals surface area contributed by atoms with Gasteiger partial charge in [0.2, 0.25) is 0 Å². The van der Waals surface area contributed by atoms with Gasteiger partial charge < -0.3 is 11.5 Å². The molecule has 4 N–H and O–H groups in total. The minimum absolute atomic E-state index is 0.0673. The van der Waals surface area contributed by atoms with Gasteiger partial charge in [-0.3, -0.25) is 0 Å². The van der Waals surface area contributed by atoms with Gasteiger partial charge in [0.15, 0.2) is 0 Å². The molecular weight excluding hydrogens is 217 g/mol. The number of nitrogen functional groups attached to an aromatic ring is 1. The predicted molar refractivity (Wildman–Crippen MR) is 57.9 cm³/mol. The summed E-state index contributed by atoms with van der Waals surface area (Å²) in [5.74, 6) is -0.0673. The molecule has 2 unspecified atom stereocenters. The maximum atomic E-state index is 12.4. The van der Waals surface area contributed by atoms with Gasteiger partial charge in [-0.25, -0.2) is 0 Å². The molecule has 0 fully saturated rings. The van der Waals surface area contributed by atoms with Gasteiger partial charge in [0.1, 0.15) is 0 Å². The SMILES string of the molecule is CC(N)C(C)c1ccc(C(F)(F)F)cc1N. The fourth-order valence-corrected chi connectivity index (χ4v) is 1.45. The van der Waals surface area contributed by atoms with E-state index in [4.69, 9.17) is 11.5 Å². The van der Waals surface area contributed by atoms with Crippen molar-refractivity contribution in [1.82, 2.24) is 0 Å². The van der Waals surface area contributed by atoms with E-state index in [0.717, 1.165) is 12.1 Å². The summed E-state index contributed by atoms with van der Waals surface area (Å²) in [5, 5.41) is 0. The van der Waals surface area contributed by atoms with Gasteiger partial charge in [-0.15, -0.1) is 0 Å². The van der Waals surface area contributed by atoms with Gasteiger partial charge in [-0.2, -0.15) is 13.2 Å². The van der Waals surface area contributed by atoms with Crippen molar-refractivity contribution < 1.29 is 13.2 Å². The van der Waals surface area contributed by atoms with Crippen LogP contribution in [-0.4, -0.2) is 6.04 Å². The number of halogens is 3. The fraction of sp³-hybridized carbons (Fsp3) is 0.455. The van der Waals surface area contributed by atoms with Gasteiger partial charge >= 0.3 is 6.18 Å². The molecular formula is C11H15F3N2. The molecule has 0 aliphatic rings. The molecule has 0 radical (unpaired) electrons. The van der Waals surface area contributed by atoms with E-state index in [2.05, 4.69) is 0 Å². The summed E-state index contributed by atoms with van der Waals surface area (Å²) < 4.78 is 37.1. The van der Waals surface area contributed by atoms with E-state index in [1.54, 1.807) is 6.92 Å². The highest BCUT2D eigenvalue weighted by atomic mass is 19.4. The summed E-state index contributed by atoms with van der Waals surface area (Å²) in [6, 6.07) is 3.23. The Morgan fingerprint density at radius 3 is 2.12 bits per heavy atom. The van der Waals surface area contributed by atoms with E-state index in [1.807, 2.05) is 6.92 Å². The Bertz CT molecular complexity index is 372. The van der Waals surface area contributed by atoms with E-state index in [9.17, 15) is 13.2 Å². The summed E-state index contributed by atoms with van der Waals surface area (Å²) in [5.41, 5.74) is 11.3. The summed E-state index contributed by atoms with van der Waals surface area (Å²) in [6.45, 7) is 3.63. The van der Waals surface area contributed by atoms with Crippen molar-refractivity contribution in [1.29, 1.82) is 0 Å². The Morgan fingerprint density at radius 2 is 1.75 bits per heavy atom. The van der Waals surface area contributed by atoms with Gasteiger partial charge in [0.25, 0.3) is 0 Å². The van der Waals surface area contributed by atoms with Crippen LogP contribution in [-0.2, 0) is 6.18 Å². The first-order valence-corrected chi connectivity index (χ1v) is 4.95. The molecule has 0 aliphatic carbocycles. The zero-order valence-electron chi connectivity index (χ0n) is 9.18. The summed E-state index contributed by atoms with van der Waals surface area (Å²) in [7, 11) is 0. The molecule has 2 nitrogen and oxygen atoms in total. The van der Waals surface area contributed by atoms with Gasteiger partial charge in [0.05, 0.1) is 5.56 Å². The van der Waals surface area contributed by atoms with Crippen LogP contribution in [0.4, 0.5) is 18.9 Å². The number of hydrogen-bond donors (Lipinski definition) is 2. The van der Waals surface area contributed by atoms with Crippen LogP contribution in [0.1, 0.15) is 30.9 Å². The van der Waals surface area contributed by atoms with Crippen LogP contribution < -0.4 is 11.5 Å². The molecule has 1 aromatic carbocycles. The second kappa shape index (κ2) is 4.33. The molecule has 2 atom stereocenters. The highest BCUT2D eigenvalue weighted by molar-refractivity contribution is 5.51. The van der Waals surface area contributed by atoms with Crippen LogP contribution in [0.5, 0.6) is 0 Å². The van der Waals surface area contributed by atoms with Crippen molar-refractivity contribution in [2.75, 3.05) is 5.73 Å². The predicted octanol–water partition coefficient (Wildman–Crippen LogP) is 2.74. The normalized spacial score (nSPS) is 15.9. The number of benzene rings is 1. The van der Waals surface area contributed by atoms with E-state index in [0.29, 0.717) is 5.56 Å². The topological polar surface area (TPSA) is 52.0 Å². The van der Waals surface area contributed by atoms with Crippen LogP contribution in [0.15, 0.2) is 18.2 Å². The summed E-state index contributed by atoms with van der Waals surface area (Å²) >= 11 is 0. The Labute approximate surface area is 92.4 Å². The third kappa shape index (κ3) is 2.66. The molecule has 90 valence electrons. The second-order valence-electron chi connectivity index (χ2n) is 3.99. The van der Waals surface area contributed by atoms with Crippen molar-refractivity contribution in [3.8, 4) is 0 Å². The molecule has 0 saturated carbocycles. The molecule has 1 rings (SSSR count). The Balaban J connectivity index is 3.10. The second-order valence-corrected chi connectivity index (χ2v) is 3.99. The lowest BCUT2D eigenvalue weighted by Gasteiger charge is -2.19. The first-order valence-electron chi connectivity index (χ1n) is 4.95. The van der Waals surface area contributed by atoms with E-state index in [1.165, 1.54) is 6.07 Å². The minimum Gasteiger partial charge on any atom is -0.398 e. The van der Waals surface area contributed by atoms with Crippen LogP contribution in [0.2, 0.25) is 0 Å². The smallest absolute Gasteiger partial charge is 0.398 e. The number of anilines is 1. The largest absolute Gasteiger partial charge is 0.416 e. The molecule has 1 aromatic rings. The Kier molecular flexibility index (Phi) is 3.48. The third-order valence-electron chi connectivity index (χ3n) is 2.69. The molecule has 0 aliphatic heterocycles. The molecule has 0 saturated heterocycles. The van der Waals surface area contributed by atoms with E-state index < -0.39 is 11.7 Å². The molecule has 16 heavy (non-hydrogen) atoms. The standard InChI is InChI=1S/C11H15F3N2/c1-6(7(2)15)9-4-3-8(5-10(9)16)11(12,13)14/h3-7H,15-16H2,1-2H3. The van der Waals surface area contributed by atoms with Crippen LogP contribution in [0.25, 0.3) is 0 Å². The Hall–Kier alpha value is -1.23. The van der Waals surface area contributed by atoms with Gasteiger partial charge in [-0.1, -0.05) is 13.0 Å². The monoisotopic (exact) mass is 232 g/mol. The van der Waals surface area contributed by atoms with Crippen molar-refractivity contribution in [3.63, 3.8) is 0 Å². The number of alkyl halides is 3. The lowest BCUT2D eigenvalue weighted by Crippen LogP contribution is -2.23. The fourth-order valence-electron chi connectivity index (χ4n) is 1.45. The lowest BCUT2D eigenvalue weighted by atomic mass is 9.92. The van der Waals surface area contributed by atoms with Crippen LogP contribution in [0, 0.1) is 0 Å². The highest BCUT2D eigenvalue weighted by Gasteiger charge is 2.31. The zero-order chi connectivity index (χ0) is 12.5. The molecule has 0 amide bonds. The summed E-state index contributed by atoms with van der Waals surface area (Å²) in [4.78, 5) is 0. The third-order valence-corrected chi connectivity index (χ3v) is 2.69. The molecule has 0 aromatic heterocycles. The highest BCUT2D eigenvalue weighted by Crippen LogP contribution is 2.33. The molecule has 5 heteroatoms. The molecule has 0 spiro atoms. The van der Waals surface area contributed by atoms with Gasteiger partial charge in [0, 0.05) is 11.7 Å². The van der Waals surface area contributed by atoms with Gasteiger partial charge in [-0.05, 0) is 30.5 Å². The van der Waals surface area contributed by atoms with Crippen molar-refractivity contribution in [2.24, 2.45) is 5.73 Å². The Morgan fingerprint density at radius 1 is 1.19 bits per heavy atom. The maximum Gasteiger partial charge on any atom is 0.416 e. The van der Waals surface area contributed by atoms with Crippen LogP contribution >= 0.6 is 0 Å². The molecule has 0 heterocycles. The van der Waals surface area contributed by atoms with E-state index in [-0.39, 0.29) is 17.6 Å².